The highest BCUT2D eigenvalue weighted by atomic mass is 35.5. The summed E-state index contributed by atoms with van der Waals surface area (Å²) in [5.41, 5.74) is 2.62. The highest BCUT2D eigenvalue weighted by molar-refractivity contribution is 7.89. The third kappa shape index (κ3) is 2.39. The number of aryl methyl sites for hydroxylation is 2. The number of sulfonamides is 1. The van der Waals surface area contributed by atoms with Gasteiger partial charge in [0.25, 0.3) is 0 Å². The minimum absolute atomic E-state index is 0.321. The van der Waals surface area contributed by atoms with Gasteiger partial charge in [0.2, 0.25) is 10.0 Å². The number of hydrogen-bond acceptors (Lipinski definition) is 2. The van der Waals surface area contributed by atoms with Gasteiger partial charge in [0.05, 0.1) is 4.90 Å². The summed E-state index contributed by atoms with van der Waals surface area (Å²) < 4.78 is 25.2. The summed E-state index contributed by atoms with van der Waals surface area (Å²) in [5.74, 6) is 0.321. The summed E-state index contributed by atoms with van der Waals surface area (Å²) in [6.07, 6.45) is 0. The van der Waals surface area contributed by atoms with Crippen LogP contribution in [0.25, 0.3) is 0 Å². The fourth-order valence-electron chi connectivity index (χ4n) is 1.49. The van der Waals surface area contributed by atoms with Crippen LogP contribution in [0.15, 0.2) is 17.0 Å². The lowest BCUT2D eigenvalue weighted by atomic mass is 10.1. The zero-order valence-electron chi connectivity index (χ0n) is 9.91. The van der Waals surface area contributed by atoms with Crippen LogP contribution in [0.1, 0.15) is 16.7 Å². The van der Waals surface area contributed by atoms with Gasteiger partial charge in [0, 0.05) is 20.0 Å². The molecular formula is C11H16ClNO2S. The van der Waals surface area contributed by atoms with Crippen molar-refractivity contribution < 1.29 is 8.42 Å². The lowest BCUT2D eigenvalue weighted by Gasteiger charge is -2.15. The van der Waals surface area contributed by atoms with Crippen LogP contribution >= 0.6 is 11.6 Å². The standard InChI is InChI=1S/C11H16ClNO2S/c1-8-5-9(2)11(6-10(8)7-12)16(14,15)13(3)4/h5-6H,7H2,1-4H3. The smallest absolute Gasteiger partial charge is 0.207 e. The van der Waals surface area contributed by atoms with E-state index >= 15 is 0 Å². The van der Waals surface area contributed by atoms with Crippen molar-refractivity contribution in [1.82, 2.24) is 4.31 Å². The second-order valence-electron chi connectivity index (χ2n) is 3.97. The van der Waals surface area contributed by atoms with E-state index in [2.05, 4.69) is 0 Å². The molecule has 0 radical (unpaired) electrons. The van der Waals surface area contributed by atoms with E-state index in [0.29, 0.717) is 10.8 Å². The lowest BCUT2D eigenvalue weighted by Crippen LogP contribution is -2.23. The third-order valence-corrected chi connectivity index (χ3v) is 4.78. The van der Waals surface area contributed by atoms with E-state index in [9.17, 15) is 8.42 Å². The monoisotopic (exact) mass is 261 g/mol. The SMILES string of the molecule is Cc1cc(C)c(S(=O)(=O)N(C)C)cc1CCl. The Kier molecular flexibility index (Phi) is 3.99. The van der Waals surface area contributed by atoms with Gasteiger partial charge in [-0.2, -0.15) is 0 Å². The van der Waals surface area contributed by atoms with E-state index in [1.165, 1.54) is 18.4 Å². The molecule has 0 aromatic heterocycles. The first-order valence-corrected chi connectivity index (χ1v) is 6.86. The Hall–Kier alpha value is -0.580. The van der Waals surface area contributed by atoms with Crippen molar-refractivity contribution in [3.8, 4) is 0 Å². The first-order chi connectivity index (χ1) is 7.30. The van der Waals surface area contributed by atoms with Crippen LogP contribution in [0.2, 0.25) is 0 Å². The van der Waals surface area contributed by atoms with Gasteiger partial charge in [-0.1, -0.05) is 6.07 Å². The fraction of sp³-hybridized carbons (Fsp3) is 0.455. The number of alkyl halides is 1. The normalized spacial score (nSPS) is 12.1. The van der Waals surface area contributed by atoms with Crippen molar-refractivity contribution in [2.45, 2.75) is 24.6 Å². The summed E-state index contributed by atoms with van der Waals surface area (Å²) in [4.78, 5) is 0.332. The van der Waals surface area contributed by atoms with Gasteiger partial charge >= 0.3 is 0 Å². The third-order valence-electron chi connectivity index (χ3n) is 2.54. The van der Waals surface area contributed by atoms with E-state index in [0.717, 1.165) is 16.7 Å². The molecule has 1 aromatic rings. The van der Waals surface area contributed by atoms with Gasteiger partial charge in [-0.15, -0.1) is 11.6 Å². The van der Waals surface area contributed by atoms with Crippen molar-refractivity contribution in [2.24, 2.45) is 0 Å². The molecule has 0 aliphatic carbocycles. The first-order valence-electron chi connectivity index (χ1n) is 4.89. The molecule has 16 heavy (non-hydrogen) atoms. The zero-order valence-corrected chi connectivity index (χ0v) is 11.5. The minimum Gasteiger partial charge on any atom is -0.207 e. The van der Waals surface area contributed by atoms with Crippen LogP contribution < -0.4 is 0 Å². The van der Waals surface area contributed by atoms with Crippen molar-refractivity contribution in [1.29, 1.82) is 0 Å². The number of halogens is 1. The second kappa shape index (κ2) is 4.73. The molecule has 0 heterocycles. The summed E-state index contributed by atoms with van der Waals surface area (Å²) in [7, 11) is -0.337. The molecule has 0 bridgehead atoms. The Morgan fingerprint density at radius 3 is 2.19 bits per heavy atom. The average Bonchev–Trinajstić information content (AvgIpc) is 2.17. The molecular weight excluding hydrogens is 246 g/mol. The van der Waals surface area contributed by atoms with Gasteiger partial charge in [-0.25, -0.2) is 12.7 Å². The van der Waals surface area contributed by atoms with E-state index in [4.69, 9.17) is 11.6 Å². The maximum Gasteiger partial charge on any atom is 0.242 e. The Morgan fingerprint density at radius 1 is 1.19 bits per heavy atom. The number of benzene rings is 1. The first kappa shape index (κ1) is 13.5. The maximum absolute atomic E-state index is 12.0. The predicted octanol–water partition coefficient (Wildman–Crippen LogP) is 2.29. The van der Waals surface area contributed by atoms with Crippen LogP contribution in [0.4, 0.5) is 0 Å². The van der Waals surface area contributed by atoms with Crippen LogP contribution in [-0.2, 0) is 15.9 Å². The number of hydrogen-bond donors (Lipinski definition) is 0. The maximum atomic E-state index is 12.0. The van der Waals surface area contributed by atoms with Crippen molar-refractivity contribution >= 4 is 21.6 Å². The molecule has 0 atom stereocenters. The quantitative estimate of drug-likeness (QED) is 0.783. The van der Waals surface area contributed by atoms with E-state index in [1.807, 2.05) is 13.0 Å². The Bertz CT molecular complexity index is 495. The van der Waals surface area contributed by atoms with E-state index in [-0.39, 0.29) is 0 Å². The molecule has 0 N–H and O–H groups in total. The fourth-order valence-corrected chi connectivity index (χ4v) is 2.93. The minimum atomic E-state index is -3.38. The van der Waals surface area contributed by atoms with Crippen molar-refractivity contribution in [3.05, 3.63) is 28.8 Å². The lowest BCUT2D eigenvalue weighted by molar-refractivity contribution is 0.520. The van der Waals surface area contributed by atoms with E-state index < -0.39 is 10.0 Å². The van der Waals surface area contributed by atoms with Gasteiger partial charge < -0.3 is 0 Å². The van der Waals surface area contributed by atoms with Crippen molar-refractivity contribution in [3.63, 3.8) is 0 Å². The molecule has 0 unspecified atom stereocenters. The second-order valence-corrected chi connectivity index (χ2v) is 6.35. The summed E-state index contributed by atoms with van der Waals surface area (Å²) >= 11 is 5.78. The molecule has 0 spiro atoms. The van der Waals surface area contributed by atoms with E-state index in [1.54, 1.807) is 13.0 Å². The molecule has 0 aliphatic heterocycles. The number of rotatable bonds is 3. The largest absolute Gasteiger partial charge is 0.242 e. The topological polar surface area (TPSA) is 37.4 Å². The molecule has 0 fully saturated rings. The molecule has 0 aliphatic rings. The van der Waals surface area contributed by atoms with Gasteiger partial charge in [-0.3, -0.25) is 0 Å². The van der Waals surface area contributed by atoms with Crippen LogP contribution in [0.3, 0.4) is 0 Å². The molecule has 90 valence electrons. The molecule has 0 saturated carbocycles. The molecule has 1 aromatic carbocycles. The van der Waals surface area contributed by atoms with Gasteiger partial charge in [0.15, 0.2) is 0 Å². The highest BCUT2D eigenvalue weighted by Gasteiger charge is 2.20. The van der Waals surface area contributed by atoms with Crippen molar-refractivity contribution in [2.75, 3.05) is 14.1 Å². The Morgan fingerprint density at radius 2 is 1.75 bits per heavy atom. The molecule has 5 heteroatoms. The predicted molar refractivity (Wildman–Crippen MR) is 66.3 cm³/mol. The summed E-state index contributed by atoms with van der Waals surface area (Å²) in [6, 6.07) is 3.51. The molecule has 3 nitrogen and oxygen atoms in total. The summed E-state index contributed by atoms with van der Waals surface area (Å²) in [6.45, 7) is 3.72. The summed E-state index contributed by atoms with van der Waals surface area (Å²) in [5, 5.41) is 0. The zero-order chi connectivity index (χ0) is 12.5. The average molecular weight is 262 g/mol. The van der Waals surface area contributed by atoms with Crippen LogP contribution in [-0.4, -0.2) is 26.8 Å². The number of nitrogens with zero attached hydrogens (tertiary/aromatic N) is 1. The van der Waals surface area contributed by atoms with Gasteiger partial charge in [0.1, 0.15) is 0 Å². The Balaban J connectivity index is 3.47. The molecule has 1 rings (SSSR count). The van der Waals surface area contributed by atoms with Crippen LogP contribution in [0, 0.1) is 13.8 Å². The van der Waals surface area contributed by atoms with Gasteiger partial charge in [-0.05, 0) is 36.6 Å². The molecule has 0 amide bonds. The van der Waals surface area contributed by atoms with Crippen LogP contribution in [0.5, 0.6) is 0 Å². The Labute approximate surface area is 102 Å². The molecule has 0 saturated heterocycles. The highest BCUT2D eigenvalue weighted by Crippen LogP contribution is 2.23.